The minimum Gasteiger partial charge on any atom is -0.462 e. The minimum atomic E-state index is -0.706. The van der Waals surface area contributed by atoms with Gasteiger partial charge in [-0.25, -0.2) is 4.79 Å². The Kier molecular flexibility index (Phi) is 6.40. The van der Waals surface area contributed by atoms with Gasteiger partial charge in [0.15, 0.2) is 0 Å². The lowest BCUT2D eigenvalue weighted by Gasteiger charge is -2.34. The van der Waals surface area contributed by atoms with Crippen molar-refractivity contribution in [1.29, 1.82) is 0 Å². The first-order valence-corrected chi connectivity index (χ1v) is 7.48. The molecule has 0 bridgehead atoms. The van der Waals surface area contributed by atoms with Crippen LogP contribution in [0.25, 0.3) is 0 Å². The highest BCUT2D eigenvalue weighted by molar-refractivity contribution is 5.81. The van der Waals surface area contributed by atoms with Gasteiger partial charge in [-0.05, 0) is 45.4 Å². The number of ether oxygens (including phenoxy) is 2. The zero-order chi connectivity index (χ0) is 16.0. The van der Waals surface area contributed by atoms with Gasteiger partial charge in [0.05, 0.1) is 18.1 Å². The van der Waals surface area contributed by atoms with E-state index in [1.165, 1.54) is 0 Å². The molecular weight excluding hydrogens is 272 g/mol. The van der Waals surface area contributed by atoms with Crippen LogP contribution >= 0.6 is 0 Å². The van der Waals surface area contributed by atoms with E-state index in [-0.39, 0.29) is 18.5 Å². The Bertz CT molecular complexity index is 388. The monoisotopic (exact) mass is 298 g/mol. The number of aliphatic hydroxyl groups is 1. The average Bonchev–Trinajstić information content (AvgIpc) is 2.46. The molecule has 0 radical (unpaired) electrons. The zero-order valence-electron chi connectivity index (χ0n) is 13.1. The van der Waals surface area contributed by atoms with E-state index in [1.807, 2.05) is 20.8 Å². The third kappa shape index (κ3) is 5.16. The molecule has 0 saturated heterocycles. The largest absolute Gasteiger partial charge is 0.462 e. The number of aliphatic hydroxyl groups excluding tert-OH is 1. The van der Waals surface area contributed by atoms with Crippen LogP contribution in [0.15, 0.2) is 12.7 Å². The Morgan fingerprint density at radius 2 is 2.05 bits per heavy atom. The maximum absolute atomic E-state index is 12.0. The lowest BCUT2D eigenvalue weighted by atomic mass is 9.85. The second kappa shape index (κ2) is 7.59. The Hall–Kier alpha value is -1.36. The molecule has 21 heavy (non-hydrogen) atoms. The van der Waals surface area contributed by atoms with Gasteiger partial charge in [-0.1, -0.05) is 13.5 Å². The molecule has 120 valence electrons. The summed E-state index contributed by atoms with van der Waals surface area (Å²) in [5.41, 5.74) is -0.532. The molecule has 0 aromatic carbocycles. The van der Waals surface area contributed by atoms with E-state index in [9.17, 15) is 14.7 Å². The number of rotatable bonds is 6. The van der Waals surface area contributed by atoms with Crippen LogP contribution in [0.5, 0.6) is 0 Å². The van der Waals surface area contributed by atoms with Crippen LogP contribution in [0.3, 0.4) is 0 Å². The number of carbonyl (C=O) groups is 2. The molecule has 1 fully saturated rings. The summed E-state index contributed by atoms with van der Waals surface area (Å²) in [7, 11) is 0. The fraction of sp³-hybridized carbons (Fsp3) is 0.750. The van der Waals surface area contributed by atoms with E-state index in [0.717, 1.165) is 12.5 Å². The van der Waals surface area contributed by atoms with Crippen molar-refractivity contribution in [2.45, 2.75) is 58.7 Å². The molecule has 5 heteroatoms. The second-order valence-corrected chi connectivity index (χ2v) is 6.26. The van der Waals surface area contributed by atoms with Crippen LogP contribution in [0.4, 0.5) is 0 Å². The highest BCUT2D eigenvalue weighted by atomic mass is 16.6. The Morgan fingerprint density at radius 3 is 2.57 bits per heavy atom. The fourth-order valence-corrected chi connectivity index (χ4v) is 2.19. The van der Waals surface area contributed by atoms with Crippen molar-refractivity contribution in [1.82, 2.24) is 0 Å². The number of esters is 2. The van der Waals surface area contributed by atoms with Crippen molar-refractivity contribution < 1.29 is 24.2 Å². The average molecular weight is 298 g/mol. The van der Waals surface area contributed by atoms with E-state index in [0.29, 0.717) is 19.3 Å². The lowest BCUT2D eigenvalue weighted by molar-refractivity contribution is -0.170. The molecule has 0 spiro atoms. The summed E-state index contributed by atoms with van der Waals surface area (Å²) in [6, 6.07) is 0. The molecule has 0 aromatic heterocycles. The molecule has 1 rings (SSSR count). The minimum absolute atomic E-state index is 0.0954. The predicted molar refractivity (Wildman–Crippen MR) is 78.5 cm³/mol. The maximum Gasteiger partial charge on any atom is 0.330 e. The lowest BCUT2D eigenvalue weighted by Crippen LogP contribution is -2.41. The molecular formula is C16H26O5. The summed E-state index contributed by atoms with van der Waals surface area (Å²) < 4.78 is 10.4. The van der Waals surface area contributed by atoms with Crippen LogP contribution in [-0.2, 0) is 19.1 Å². The fourth-order valence-electron chi connectivity index (χ4n) is 2.19. The molecule has 1 N–H and O–H groups in total. The van der Waals surface area contributed by atoms with Crippen molar-refractivity contribution in [2.75, 3.05) is 6.61 Å². The summed E-state index contributed by atoms with van der Waals surface area (Å²) >= 11 is 0. The van der Waals surface area contributed by atoms with Crippen LogP contribution in [0, 0.1) is 11.3 Å². The van der Waals surface area contributed by atoms with E-state index in [2.05, 4.69) is 6.58 Å². The molecule has 3 unspecified atom stereocenters. The summed E-state index contributed by atoms with van der Waals surface area (Å²) in [4.78, 5) is 23.0. The molecule has 1 saturated carbocycles. The predicted octanol–water partition coefficient (Wildman–Crippen LogP) is 2.22. The first-order valence-electron chi connectivity index (χ1n) is 7.48. The van der Waals surface area contributed by atoms with Gasteiger partial charge >= 0.3 is 11.9 Å². The summed E-state index contributed by atoms with van der Waals surface area (Å²) in [6.45, 7) is 9.20. The Labute approximate surface area is 126 Å². The van der Waals surface area contributed by atoms with E-state index in [1.54, 1.807) is 0 Å². The molecule has 0 aliphatic heterocycles. The van der Waals surface area contributed by atoms with Gasteiger partial charge in [0.25, 0.3) is 0 Å². The van der Waals surface area contributed by atoms with Crippen LogP contribution in [-0.4, -0.2) is 35.9 Å². The smallest absolute Gasteiger partial charge is 0.330 e. The zero-order valence-corrected chi connectivity index (χ0v) is 13.1. The third-order valence-electron chi connectivity index (χ3n) is 4.19. The standard InChI is InChI=1S/C16H26O5/c1-5-14(18)20-10-11-7-8-13(12(17)9-11)21-15(19)16(3,4)6-2/h5,11-13,17H,1,6-10H2,2-4H3. The van der Waals surface area contributed by atoms with Crippen LogP contribution < -0.4 is 0 Å². The summed E-state index contributed by atoms with van der Waals surface area (Å²) in [5.74, 6) is -0.633. The van der Waals surface area contributed by atoms with Crippen molar-refractivity contribution in [2.24, 2.45) is 11.3 Å². The van der Waals surface area contributed by atoms with Gasteiger partial charge in [0.1, 0.15) is 6.10 Å². The maximum atomic E-state index is 12.0. The highest BCUT2D eigenvalue weighted by Crippen LogP contribution is 2.30. The highest BCUT2D eigenvalue weighted by Gasteiger charge is 2.36. The van der Waals surface area contributed by atoms with E-state index in [4.69, 9.17) is 9.47 Å². The van der Waals surface area contributed by atoms with E-state index >= 15 is 0 Å². The van der Waals surface area contributed by atoms with Crippen molar-refractivity contribution in [3.8, 4) is 0 Å². The molecule has 3 atom stereocenters. The first-order chi connectivity index (χ1) is 9.80. The van der Waals surface area contributed by atoms with Gasteiger partial charge < -0.3 is 14.6 Å². The van der Waals surface area contributed by atoms with Gasteiger partial charge in [-0.15, -0.1) is 0 Å². The molecule has 5 nitrogen and oxygen atoms in total. The van der Waals surface area contributed by atoms with Gasteiger partial charge in [-0.3, -0.25) is 4.79 Å². The molecule has 0 heterocycles. The van der Waals surface area contributed by atoms with Crippen molar-refractivity contribution in [3.63, 3.8) is 0 Å². The Morgan fingerprint density at radius 1 is 1.38 bits per heavy atom. The van der Waals surface area contributed by atoms with Gasteiger partial charge in [-0.2, -0.15) is 0 Å². The SMILES string of the molecule is C=CC(=O)OCC1CCC(OC(=O)C(C)(C)CC)C(O)C1. The number of hydrogen-bond donors (Lipinski definition) is 1. The van der Waals surface area contributed by atoms with Crippen LogP contribution in [0.1, 0.15) is 46.5 Å². The second-order valence-electron chi connectivity index (χ2n) is 6.26. The molecule has 1 aliphatic rings. The Balaban J connectivity index is 2.44. The quantitative estimate of drug-likeness (QED) is 0.601. The van der Waals surface area contributed by atoms with Crippen molar-refractivity contribution in [3.05, 3.63) is 12.7 Å². The number of hydrogen-bond acceptors (Lipinski definition) is 5. The number of carbonyl (C=O) groups excluding carboxylic acids is 2. The van der Waals surface area contributed by atoms with Gasteiger partial charge in [0.2, 0.25) is 0 Å². The molecule has 1 aliphatic carbocycles. The molecule has 0 amide bonds. The molecule has 0 aromatic rings. The van der Waals surface area contributed by atoms with E-state index < -0.39 is 23.6 Å². The topological polar surface area (TPSA) is 72.8 Å². The van der Waals surface area contributed by atoms with Crippen molar-refractivity contribution >= 4 is 11.9 Å². The summed E-state index contributed by atoms with van der Waals surface area (Å²) in [5, 5.41) is 10.1. The summed E-state index contributed by atoms with van der Waals surface area (Å²) in [6.07, 6.45) is 2.45. The van der Waals surface area contributed by atoms with Gasteiger partial charge in [0, 0.05) is 6.08 Å². The normalized spacial score (nSPS) is 26.0. The first kappa shape index (κ1) is 17.7. The van der Waals surface area contributed by atoms with Crippen LogP contribution in [0.2, 0.25) is 0 Å². The third-order valence-corrected chi connectivity index (χ3v) is 4.19.